The normalized spacial score (nSPS) is 25.1. The van der Waals surface area contributed by atoms with E-state index in [0.717, 1.165) is 38.8 Å². The molecule has 0 bridgehead atoms. The monoisotopic (exact) mass is 286 g/mol. The Balaban J connectivity index is 1.76. The fourth-order valence-electron chi connectivity index (χ4n) is 3.74. The smallest absolute Gasteiger partial charge is 0.223 e. The van der Waals surface area contributed by atoms with Gasteiger partial charge in [0.1, 0.15) is 0 Å². The van der Waals surface area contributed by atoms with Crippen LogP contribution in [0, 0.1) is 5.92 Å². The van der Waals surface area contributed by atoms with Crippen molar-refractivity contribution in [3.63, 3.8) is 0 Å². The molecule has 1 heterocycles. The molecule has 1 amide bonds. The lowest BCUT2D eigenvalue weighted by Crippen LogP contribution is -2.41. The van der Waals surface area contributed by atoms with Gasteiger partial charge in [0.05, 0.1) is 6.04 Å². The number of amides is 1. The van der Waals surface area contributed by atoms with Crippen LogP contribution < -0.4 is 10.6 Å². The van der Waals surface area contributed by atoms with Gasteiger partial charge in [0, 0.05) is 5.92 Å². The highest BCUT2D eigenvalue weighted by Crippen LogP contribution is 2.41. The van der Waals surface area contributed by atoms with Gasteiger partial charge in [-0.15, -0.1) is 0 Å². The van der Waals surface area contributed by atoms with Crippen molar-refractivity contribution in [3.05, 3.63) is 35.4 Å². The first-order valence-electron chi connectivity index (χ1n) is 8.18. The van der Waals surface area contributed by atoms with Crippen molar-refractivity contribution in [1.29, 1.82) is 0 Å². The van der Waals surface area contributed by atoms with Crippen LogP contribution in [-0.2, 0) is 10.2 Å². The van der Waals surface area contributed by atoms with E-state index in [1.807, 2.05) is 0 Å². The number of hydrogen-bond donors (Lipinski definition) is 2. The summed E-state index contributed by atoms with van der Waals surface area (Å²) < 4.78 is 0. The summed E-state index contributed by atoms with van der Waals surface area (Å²) in [5, 5.41) is 6.64. The summed E-state index contributed by atoms with van der Waals surface area (Å²) in [6.45, 7) is 6.53. The zero-order chi connectivity index (χ0) is 14.9. The zero-order valence-electron chi connectivity index (χ0n) is 13.1. The maximum Gasteiger partial charge on any atom is 0.223 e. The molecule has 0 radical (unpaired) electrons. The van der Waals surface area contributed by atoms with Crippen LogP contribution >= 0.6 is 0 Å². The second-order valence-corrected chi connectivity index (χ2v) is 7.10. The van der Waals surface area contributed by atoms with Gasteiger partial charge in [0.2, 0.25) is 5.91 Å². The Bertz CT molecular complexity index is 518. The van der Waals surface area contributed by atoms with Crippen LogP contribution in [0.5, 0.6) is 0 Å². The van der Waals surface area contributed by atoms with Crippen molar-refractivity contribution in [3.8, 4) is 0 Å². The summed E-state index contributed by atoms with van der Waals surface area (Å²) in [6, 6.07) is 8.79. The third-order valence-corrected chi connectivity index (χ3v) is 5.15. The van der Waals surface area contributed by atoms with Crippen molar-refractivity contribution in [1.82, 2.24) is 10.6 Å². The van der Waals surface area contributed by atoms with Gasteiger partial charge in [0.25, 0.3) is 0 Å². The molecule has 2 N–H and O–H groups in total. The first-order chi connectivity index (χ1) is 10.1. The molecular formula is C18H26N2O. The molecule has 1 saturated heterocycles. The van der Waals surface area contributed by atoms with Crippen LogP contribution in [0.15, 0.2) is 24.3 Å². The van der Waals surface area contributed by atoms with Crippen LogP contribution in [0.1, 0.15) is 56.7 Å². The first-order valence-corrected chi connectivity index (χ1v) is 8.18. The molecule has 1 fully saturated rings. The van der Waals surface area contributed by atoms with E-state index in [4.69, 9.17) is 0 Å². The summed E-state index contributed by atoms with van der Waals surface area (Å²) in [7, 11) is 0. The van der Waals surface area contributed by atoms with Gasteiger partial charge >= 0.3 is 0 Å². The summed E-state index contributed by atoms with van der Waals surface area (Å²) in [4.78, 5) is 12.5. The molecule has 3 rings (SSSR count). The fraction of sp³-hybridized carbons (Fsp3) is 0.611. The van der Waals surface area contributed by atoms with Crippen LogP contribution in [0.2, 0.25) is 0 Å². The van der Waals surface area contributed by atoms with E-state index in [9.17, 15) is 4.79 Å². The molecule has 2 aliphatic rings. The topological polar surface area (TPSA) is 41.1 Å². The minimum atomic E-state index is 0.188. The third kappa shape index (κ3) is 2.98. The molecule has 3 heteroatoms. The van der Waals surface area contributed by atoms with E-state index in [0.29, 0.717) is 0 Å². The largest absolute Gasteiger partial charge is 0.349 e. The molecule has 1 aromatic rings. The molecule has 0 spiro atoms. The van der Waals surface area contributed by atoms with Gasteiger partial charge in [-0.2, -0.15) is 0 Å². The number of hydrogen-bond acceptors (Lipinski definition) is 2. The van der Waals surface area contributed by atoms with Gasteiger partial charge in [-0.05, 0) is 55.3 Å². The number of piperidine rings is 1. The SMILES string of the molecule is CC1(C)CCC(NC(=O)C2CCNCC2)c2ccccc21. The fourth-order valence-corrected chi connectivity index (χ4v) is 3.74. The number of carbonyl (C=O) groups excluding carboxylic acids is 1. The zero-order valence-corrected chi connectivity index (χ0v) is 13.1. The van der Waals surface area contributed by atoms with E-state index < -0.39 is 0 Å². The lowest BCUT2D eigenvalue weighted by Gasteiger charge is -2.38. The van der Waals surface area contributed by atoms with Gasteiger partial charge < -0.3 is 10.6 Å². The molecule has 21 heavy (non-hydrogen) atoms. The first kappa shape index (κ1) is 14.6. The van der Waals surface area contributed by atoms with Gasteiger partial charge in [-0.3, -0.25) is 4.79 Å². The van der Waals surface area contributed by atoms with Crippen LogP contribution in [-0.4, -0.2) is 19.0 Å². The third-order valence-electron chi connectivity index (χ3n) is 5.15. The van der Waals surface area contributed by atoms with Crippen molar-refractivity contribution in [2.24, 2.45) is 5.92 Å². The maximum atomic E-state index is 12.5. The minimum Gasteiger partial charge on any atom is -0.349 e. The highest BCUT2D eigenvalue weighted by Gasteiger charge is 2.33. The van der Waals surface area contributed by atoms with Gasteiger partial charge in [0.15, 0.2) is 0 Å². The molecular weight excluding hydrogens is 260 g/mol. The molecule has 0 aromatic heterocycles. The summed E-state index contributed by atoms with van der Waals surface area (Å²) >= 11 is 0. The van der Waals surface area contributed by atoms with Gasteiger partial charge in [-0.1, -0.05) is 38.1 Å². The number of carbonyl (C=O) groups is 1. The number of benzene rings is 1. The summed E-state index contributed by atoms with van der Waals surface area (Å²) in [6.07, 6.45) is 4.10. The Kier molecular flexibility index (Phi) is 4.03. The molecule has 1 unspecified atom stereocenters. The standard InChI is InChI=1S/C18H26N2O/c1-18(2)10-7-16(14-5-3-4-6-15(14)18)20-17(21)13-8-11-19-12-9-13/h3-6,13,16,19H,7-12H2,1-2H3,(H,20,21). The van der Waals surface area contributed by atoms with Crippen molar-refractivity contribution >= 4 is 5.91 Å². The Labute approximate surface area is 127 Å². The van der Waals surface area contributed by atoms with E-state index >= 15 is 0 Å². The predicted molar refractivity (Wildman–Crippen MR) is 85.2 cm³/mol. The van der Waals surface area contributed by atoms with Crippen molar-refractivity contribution < 1.29 is 4.79 Å². The lowest BCUT2D eigenvalue weighted by molar-refractivity contribution is -0.126. The van der Waals surface area contributed by atoms with Crippen LogP contribution in [0.4, 0.5) is 0 Å². The Morgan fingerprint density at radius 2 is 1.90 bits per heavy atom. The average Bonchev–Trinajstić information content (AvgIpc) is 2.51. The molecule has 1 aliphatic carbocycles. The Morgan fingerprint density at radius 3 is 2.67 bits per heavy atom. The number of nitrogens with one attached hydrogen (secondary N) is 2. The summed E-state index contributed by atoms with van der Waals surface area (Å²) in [5.74, 6) is 0.435. The van der Waals surface area contributed by atoms with Gasteiger partial charge in [-0.25, -0.2) is 0 Å². The molecule has 114 valence electrons. The molecule has 1 aromatic carbocycles. The van der Waals surface area contributed by atoms with Crippen molar-refractivity contribution in [2.45, 2.75) is 51.0 Å². The molecule has 3 nitrogen and oxygen atoms in total. The number of rotatable bonds is 2. The quantitative estimate of drug-likeness (QED) is 0.877. The maximum absolute atomic E-state index is 12.5. The van der Waals surface area contributed by atoms with Crippen molar-refractivity contribution in [2.75, 3.05) is 13.1 Å². The lowest BCUT2D eigenvalue weighted by atomic mass is 9.71. The van der Waals surface area contributed by atoms with E-state index in [2.05, 4.69) is 48.7 Å². The minimum absolute atomic E-state index is 0.188. The Morgan fingerprint density at radius 1 is 1.19 bits per heavy atom. The van der Waals surface area contributed by atoms with E-state index in [1.54, 1.807) is 0 Å². The second-order valence-electron chi connectivity index (χ2n) is 7.10. The molecule has 1 aliphatic heterocycles. The summed E-state index contributed by atoms with van der Waals surface area (Å²) in [5.41, 5.74) is 2.93. The predicted octanol–water partition coefficient (Wildman–Crippen LogP) is 2.91. The highest BCUT2D eigenvalue weighted by atomic mass is 16.1. The highest BCUT2D eigenvalue weighted by molar-refractivity contribution is 5.79. The Hall–Kier alpha value is -1.35. The molecule has 1 atom stereocenters. The molecule has 0 saturated carbocycles. The van der Waals surface area contributed by atoms with E-state index in [-0.39, 0.29) is 23.3 Å². The number of fused-ring (bicyclic) bond motifs is 1. The van der Waals surface area contributed by atoms with Crippen LogP contribution in [0.25, 0.3) is 0 Å². The van der Waals surface area contributed by atoms with E-state index in [1.165, 1.54) is 11.1 Å². The average molecular weight is 286 g/mol. The van der Waals surface area contributed by atoms with Crippen LogP contribution in [0.3, 0.4) is 0 Å². The second kappa shape index (κ2) is 5.80.